The predicted molar refractivity (Wildman–Crippen MR) is 84.6 cm³/mol. The normalized spacial score (nSPS) is 12.5. The first kappa shape index (κ1) is 16.8. The molecule has 1 heterocycles. The quantitative estimate of drug-likeness (QED) is 0.297. The van der Waals surface area contributed by atoms with Crippen molar-refractivity contribution in [1.29, 1.82) is 0 Å². The molecule has 0 aliphatic carbocycles. The molecule has 1 aromatic heterocycles. The van der Waals surface area contributed by atoms with Crippen molar-refractivity contribution in [2.45, 2.75) is 11.1 Å². The lowest BCUT2D eigenvalue weighted by atomic mass is 10.4. The van der Waals surface area contributed by atoms with Gasteiger partial charge in [-0.15, -0.1) is 11.5 Å². The third-order valence-corrected chi connectivity index (χ3v) is 4.11. The number of hydrogen-bond donors (Lipinski definition) is 4. The van der Waals surface area contributed by atoms with Crippen LogP contribution in [0.3, 0.4) is 0 Å². The van der Waals surface area contributed by atoms with Crippen LogP contribution in [0.25, 0.3) is 0 Å². The molecule has 9 nitrogen and oxygen atoms in total. The molecule has 0 saturated carbocycles. The maximum absolute atomic E-state index is 12.4. The number of rotatable bonds is 8. The molecule has 0 aliphatic rings. The summed E-state index contributed by atoms with van der Waals surface area (Å²) in [5.41, 5.74) is 5.43. The van der Waals surface area contributed by atoms with Gasteiger partial charge in [0.1, 0.15) is 12.8 Å². The molecule has 0 amide bonds. The second-order valence-corrected chi connectivity index (χ2v) is 6.11. The van der Waals surface area contributed by atoms with E-state index in [1.165, 1.54) is 12.1 Å². The highest BCUT2D eigenvalue weighted by atomic mass is 32.2. The van der Waals surface area contributed by atoms with Gasteiger partial charge in [0, 0.05) is 0 Å². The predicted octanol–water partition coefficient (Wildman–Crippen LogP) is -0.247. The number of hydrogen-bond acceptors (Lipinski definition) is 7. The van der Waals surface area contributed by atoms with Crippen LogP contribution < -0.4 is 15.8 Å². The molecule has 0 radical (unpaired) electrons. The van der Waals surface area contributed by atoms with E-state index in [4.69, 9.17) is 16.9 Å². The fourth-order valence-electron chi connectivity index (χ4n) is 1.69. The van der Waals surface area contributed by atoms with Crippen LogP contribution in [0, 0.1) is 12.3 Å². The van der Waals surface area contributed by atoms with E-state index in [9.17, 15) is 8.42 Å². The number of benzene rings is 1. The summed E-state index contributed by atoms with van der Waals surface area (Å²) in [6, 6.07) is 7.93. The Morgan fingerprint density at radius 2 is 2.13 bits per heavy atom. The smallest absolute Gasteiger partial charge is 0.245 e. The molecule has 5 N–H and O–H groups in total. The molecule has 0 saturated heterocycles. The topological polar surface area (TPSA) is 135 Å². The number of aromatic amines is 1. The Labute approximate surface area is 133 Å². The van der Waals surface area contributed by atoms with Gasteiger partial charge in [0.25, 0.3) is 0 Å². The number of terminal acetylenes is 1. The summed E-state index contributed by atoms with van der Waals surface area (Å²) in [6.07, 6.45) is 4.28. The lowest BCUT2D eigenvalue weighted by Crippen LogP contribution is -2.44. The summed E-state index contributed by atoms with van der Waals surface area (Å²) in [4.78, 5) is 3.97. The molecule has 1 aromatic carbocycles. The third kappa shape index (κ3) is 4.96. The van der Waals surface area contributed by atoms with Crippen LogP contribution in [0.5, 0.6) is 0 Å². The summed E-state index contributed by atoms with van der Waals surface area (Å²) in [7, 11) is -3.75. The van der Waals surface area contributed by atoms with Crippen molar-refractivity contribution in [3.05, 3.63) is 30.3 Å². The van der Waals surface area contributed by atoms with Crippen molar-refractivity contribution >= 4 is 21.9 Å². The average Bonchev–Trinajstić information content (AvgIpc) is 2.93. The van der Waals surface area contributed by atoms with Crippen molar-refractivity contribution in [2.24, 2.45) is 0 Å². The van der Waals surface area contributed by atoms with Crippen molar-refractivity contribution in [2.75, 3.05) is 24.3 Å². The van der Waals surface area contributed by atoms with E-state index in [2.05, 4.69) is 31.1 Å². The van der Waals surface area contributed by atoms with Crippen molar-refractivity contribution in [1.82, 2.24) is 19.9 Å². The van der Waals surface area contributed by atoms with Gasteiger partial charge in [0.05, 0.1) is 11.5 Å². The standard InChI is InChI=1S/C13H16N6O3S/c1-2-8-22-9-11(15-13-16-12(14)17-18-13)19-23(20,21)10-6-4-3-5-7-10/h1,3-7,11,19H,8-9H2,(H4,14,15,16,17,18). The van der Waals surface area contributed by atoms with Crippen LogP contribution in [0.4, 0.5) is 11.9 Å². The Balaban J connectivity index is 2.11. The van der Waals surface area contributed by atoms with Gasteiger partial charge < -0.3 is 15.8 Å². The van der Waals surface area contributed by atoms with Crippen molar-refractivity contribution < 1.29 is 13.2 Å². The number of nitrogens with two attached hydrogens (primary N) is 1. The Bertz CT molecular complexity index is 769. The number of nitrogens with zero attached hydrogens (tertiary/aromatic N) is 2. The van der Waals surface area contributed by atoms with Crippen LogP contribution in [0.15, 0.2) is 35.2 Å². The molecule has 0 fully saturated rings. The summed E-state index contributed by atoms with van der Waals surface area (Å²) >= 11 is 0. The first-order valence-corrected chi connectivity index (χ1v) is 8.02. The van der Waals surface area contributed by atoms with Crippen LogP contribution in [0.2, 0.25) is 0 Å². The SMILES string of the molecule is C#CCOCC(Nc1n[nH]c(N)n1)NS(=O)(=O)c1ccccc1. The Hall–Kier alpha value is -2.61. The Morgan fingerprint density at radius 1 is 1.39 bits per heavy atom. The van der Waals surface area contributed by atoms with E-state index in [1.54, 1.807) is 18.2 Å². The van der Waals surface area contributed by atoms with Gasteiger partial charge >= 0.3 is 0 Å². The molecule has 122 valence electrons. The summed E-state index contributed by atoms with van der Waals surface area (Å²) in [5.74, 6) is 2.53. The zero-order chi connectivity index (χ0) is 16.7. The maximum atomic E-state index is 12.4. The number of sulfonamides is 1. The van der Waals surface area contributed by atoms with Gasteiger partial charge in [-0.25, -0.2) is 13.5 Å². The van der Waals surface area contributed by atoms with Gasteiger partial charge in [-0.05, 0) is 12.1 Å². The molecule has 1 atom stereocenters. The molecule has 0 spiro atoms. The lowest BCUT2D eigenvalue weighted by molar-refractivity contribution is 0.153. The zero-order valence-corrected chi connectivity index (χ0v) is 12.9. The first-order chi connectivity index (χ1) is 11.0. The van der Waals surface area contributed by atoms with Gasteiger partial charge in [0.15, 0.2) is 0 Å². The number of ether oxygens (including phenoxy) is 1. The van der Waals surface area contributed by atoms with E-state index < -0.39 is 16.2 Å². The minimum absolute atomic E-state index is 0.0231. The number of H-pyrrole nitrogens is 1. The molecule has 0 aliphatic heterocycles. The molecule has 10 heteroatoms. The highest BCUT2D eigenvalue weighted by molar-refractivity contribution is 7.89. The number of anilines is 2. The fraction of sp³-hybridized carbons (Fsp3) is 0.231. The van der Waals surface area contributed by atoms with E-state index in [0.717, 1.165) is 0 Å². The van der Waals surface area contributed by atoms with Gasteiger partial charge in [-0.2, -0.15) is 9.71 Å². The largest absolute Gasteiger partial charge is 0.368 e. The summed E-state index contributed by atoms with van der Waals surface area (Å²) in [5, 5.41) is 8.99. The Kier molecular flexibility index (Phi) is 5.53. The van der Waals surface area contributed by atoms with Crippen molar-refractivity contribution in [3.8, 4) is 12.3 Å². The summed E-state index contributed by atoms with van der Waals surface area (Å²) in [6.45, 7) is 0.0199. The zero-order valence-electron chi connectivity index (χ0n) is 12.1. The number of nitrogens with one attached hydrogen (secondary N) is 3. The Morgan fingerprint density at radius 3 is 2.74 bits per heavy atom. The molecular weight excluding hydrogens is 320 g/mol. The maximum Gasteiger partial charge on any atom is 0.245 e. The third-order valence-electron chi connectivity index (χ3n) is 2.63. The monoisotopic (exact) mass is 336 g/mol. The molecule has 23 heavy (non-hydrogen) atoms. The number of nitrogen functional groups attached to an aromatic ring is 1. The van der Waals surface area contributed by atoms with Gasteiger partial charge in [-0.1, -0.05) is 24.1 Å². The van der Waals surface area contributed by atoms with E-state index >= 15 is 0 Å². The van der Waals surface area contributed by atoms with E-state index in [-0.39, 0.29) is 30.0 Å². The van der Waals surface area contributed by atoms with Gasteiger partial charge in [0.2, 0.25) is 21.9 Å². The molecule has 2 aromatic rings. The fourth-order valence-corrected chi connectivity index (χ4v) is 2.84. The second-order valence-electron chi connectivity index (χ2n) is 4.39. The first-order valence-electron chi connectivity index (χ1n) is 6.54. The van der Waals surface area contributed by atoms with E-state index in [0.29, 0.717) is 0 Å². The second kappa shape index (κ2) is 7.59. The number of aromatic nitrogens is 3. The molecule has 0 bridgehead atoms. The summed E-state index contributed by atoms with van der Waals surface area (Å²) < 4.78 is 32.3. The lowest BCUT2D eigenvalue weighted by Gasteiger charge is -2.19. The highest BCUT2D eigenvalue weighted by Gasteiger charge is 2.21. The minimum Gasteiger partial charge on any atom is -0.368 e. The molecular formula is C13H16N6O3S. The minimum atomic E-state index is -3.75. The van der Waals surface area contributed by atoms with Crippen LogP contribution in [-0.2, 0) is 14.8 Å². The molecule has 2 rings (SSSR count). The van der Waals surface area contributed by atoms with E-state index in [1.807, 2.05) is 0 Å². The van der Waals surface area contributed by atoms with Gasteiger partial charge in [-0.3, -0.25) is 0 Å². The highest BCUT2D eigenvalue weighted by Crippen LogP contribution is 2.09. The van der Waals surface area contributed by atoms with Crippen LogP contribution in [-0.4, -0.2) is 43.0 Å². The van der Waals surface area contributed by atoms with Crippen molar-refractivity contribution in [3.63, 3.8) is 0 Å². The van der Waals surface area contributed by atoms with Crippen LogP contribution in [0.1, 0.15) is 0 Å². The van der Waals surface area contributed by atoms with Crippen LogP contribution >= 0.6 is 0 Å². The molecule has 1 unspecified atom stereocenters. The average molecular weight is 336 g/mol.